The van der Waals surface area contributed by atoms with E-state index in [1.807, 2.05) is 0 Å². The lowest BCUT2D eigenvalue weighted by Gasteiger charge is -2.29. The highest BCUT2D eigenvalue weighted by molar-refractivity contribution is 7.92. The fourth-order valence-corrected chi connectivity index (χ4v) is 4.00. The predicted octanol–water partition coefficient (Wildman–Crippen LogP) is 1.73. The first-order chi connectivity index (χ1) is 11.4. The molecular formula is C17H24N2O4S. The normalized spacial score (nSPS) is 21.0. The van der Waals surface area contributed by atoms with Crippen LogP contribution in [-0.2, 0) is 19.4 Å². The number of anilines is 1. The molecule has 132 valence electrons. The molecular weight excluding hydrogens is 328 g/mol. The SMILES string of the molecule is CC1CCCCC1NC(=O)CS(=O)(=O)CC(=O)Nc1ccccc1. The van der Waals surface area contributed by atoms with Crippen molar-refractivity contribution in [1.29, 1.82) is 0 Å². The molecule has 24 heavy (non-hydrogen) atoms. The summed E-state index contributed by atoms with van der Waals surface area (Å²) < 4.78 is 24.1. The largest absolute Gasteiger partial charge is 0.352 e. The first-order valence-electron chi connectivity index (χ1n) is 8.20. The van der Waals surface area contributed by atoms with E-state index in [1.54, 1.807) is 30.3 Å². The number of nitrogens with one attached hydrogen (secondary N) is 2. The second-order valence-corrected chi connectivity index (χ2v) is 8.45. The Hall–Kier alpha value is -1.89. The van der Waals surface area contributed by atoms with E-state index in [9.17, 15) is 18.0 Å². The number of hydrogen-bond donors (Lipinski definition) is 2. The standard InChI is InChI=1S/C17H24N2O4S/c1-13-7-5-6-10-15(13)19-17(21)12-24(22,23)11-16(20)18-14-8-3-2-4-9-14/h2-4,8-9,13,15H,5-7,10-12H2,1H3,(H,18,20)(H,19,21). The van der Waals surface area contributed by atoms with Crippen molar-refractivity contribution in [2.45, 2.75) is 38.6 Å². The molecule has 2 amide bonds. The van der Waals surface area contributed by atoms with Crippen LogP contribution >= 0.6 is 0 Å². The van der Waals surface area contributed by atoms with Crippen molar-refractivity contribution in [3.8, 4) is 0 Å². The molecule has 1 aliphatic rings. The minimum absolute atomic E-state index is 0.0274. The summed E-state index contributed by atoms with van der Waals surface area (Å²) in [6.45, 7) is 2.06. The number of hydrogen-bond acceptors (Lipinski definition) is 4. The first-order valence-corrected chi connectivity index (χ1v) is 10.0. The highest BCUT2D eigenvalue weighted by atomic mass is 32.2. The lowest BCUT2D eigenvalue weighted by molar-refractivity contribution is -0.119. The van der Waals surface area contributed by atoms with E-state index >= 15 is 0 Å². The van der Waals surface area contributed by atoms with Gasteiger partial charge in [-0.25, -0.2) is 8.42 Å². The Morgan fingerprint density at radius 1 is 1.04 bits per heavy atom. The van der Waals surface area contributed by atoms with Gasteiger partial charge in [-0.2, -0.15) is 0 Å². The number of para-hydroxylation sites is 1. The van der Waals surface area contributed by atoms with E-state index in [2.05, 4.69) is 17.6 Å². The number of amides is 2. The van der Waals surface area contributed by atoms with Crippen LogP contribution in [0.4, 0.5) is 5.69 Å². The van der Waals surface area contributed by atoms with E-state index in [0.717, 1.165) is 25.7 Å². The van der Waals surface area contributed by atoms with Gasteiger partial charge in [0.2, 0.25) is 11.8 Å². The van der Waals surface area contributed by atoms with Crippen LogP contribution in [0, 0.1) is 5.92 Å². The Morgan fingerprint density at radius 2 is 1.67 bits per heavy atom. The summed E-state index contributed by atoms with van der Waals surface area (Å²) in [4.78, 5) is 23.8. The highest BCUT2D eigenvalue weighted by Gasteiger charge is 2.26. The lowest BCUT2D eigenvalue weighted by Crippen LogP contribution is -2.44. The molecule has 2 rings (SSSR count). The molecule has 1 aromatic rings. The number of carbonyl (C=O) groups is 2. The van der Waals surface area contributed by atoms with Crippen LogP contribution in [0.3, 0.4) is 0 Å². The third kappa shape index (κ3) is 5.96. The quantitative estimate of drug-likeness (QED) is 0.815. The van der Waals surface area contributed by atoms with E-state index in [1.165, 1.54) is 0 Å². The van der Waals surface area contributed by atoms with E-state index < -0.39 is 33.2 Å². The average Bonchev–Trinajstić information content (AvgIpc) is 2.49. The van der Waals surface area contributed by atoms with Crippen LogP contribution in [-0.4, -0.2) is 37.8 Å². The summed E-state index contributed by atoms with van der Waals surface area (Å²) in [7, 11) is -3.79. The summed E-state index contributed by atoms with van der Waals surface area (Å²) in [6.07, 6.45) is 4.10. The predicted molar refractivity (Wildman–Crippen MR) is 93.3 cm³/mol. The molecule has 0 heterocycles. The van der Waals surface area contributed by atoms with Gasteiger partial charge < -0.3 is 10.6 Å². The fraction of sp³-hybridized carbons (Fsp3) is 0.529. The van der Waals surface area contributed by atoms with Crippen LogP contribution in [0.15, 0.2) is 30.3 Å². The van der Waals surface area contributed by atoms with Crippen molar-refractivity contribution in [3.63, 3.8) is 0 Å². The zero-order valence-electron chi connectivity index (χ0n) is 13.8. The monoisotopic (exact) mass is 352 g/mol. The maximum atomic E-state index is 12.0. The fourth-order valence-electron chi connectivity index (χ4n) is 2.95. The average molecular weight is 352 g/mol. The van der Waals surface area contributed by atoms with Gasteiger partial charge in [0.25, 0.3) is 0 Å². The minimum atomic E-state index is -3.79. The maximum Gasteiger partial charge on any atom is 0.239 e. The molecule has 1 aromatic carbocycles. The Morgan fingerprint density at radius 3 is 2.33 bits per heavy atom. The lowest BCUT2D eigenvalue weighted by atomic mass is 9.86. The van der Waals surface area contributed by atoms with Crippen molar-refractivity contribution < 1.29 is 18.0 Å². The van der Waals surface area contributed by atoms with E-state index in [4.69, 9.17) is 0 Å². The van der Waals surface area contributed by atoms with Crippen LogP contribution in [0.2, 0.25) is 0 Å². The van der Waals surface area contributed by atoms with Gasteiger partial charge in [0.1, 0.15) is 11.5 Å². The zero-order chi connectivity index (χ0) is 17.6. The third-order valence-electron chi connectivity index (χ3n) is 4.22. The van der Waals surface area contributed by atoms with Gasteiger partial charge in [0, 0.05) is 11.7 Å². The zero-order valence-corrected chi connectivity index (χ0v) is 14.6. The van der Waals surface area contributed by atoms with Gasteiger partial charge in [-0.15, -0.1) is 0 Å². The molecule has 2 N–H and O–H groups in total. The first kappa shape index (κ1) is 18.4. The molecule has 7 heteroatoms. The summed E-state index contributed by atoms with van der Waals surface area (Å²) in [5.74, 6) is -2.17. The van der Waals surface area contributed by atoms with Crippen LogP contribution < -0.4 is 10.6 Å². The van der Waals surface area contributed by atoms with Crippen molar-refractivity contribution in [2.24, 2.45) is 5.92 Å². The molecule has 0 spiro atoms. The van der Waals surface area contributed by atoms with Crippen molar-refractivity contribution >= 4 is 27.3 Å². The summed E-state index contributed by atoms with van der Waals surface area (Å²) in [6, 6.07) is 8.64. The second-order valence-electron chi connectivity index (χ2n) is 6.38. The molecule has 0 saturated heterocycles. The number of carbonyl (C=O) groups excluding carboxylic acids is 2. The molecule has 6 nitrogen and oxygen atoms in total. The second kappa shape index (κ2) is 8.28. The molecule has 0 bridgehead atoms. The molecule has 0 aliphatic heterocycles. The molecule has 1 fully saturated rings. The van der Waals surface area contributed by atoms with Crippen LogP contribution in [0.1, 0.15) is 32.6 Å². The van der Waals surface area contributed by atoms with Crippen LogP contribution in [0.25, 0.3) is 0 Å². The Balaban J connectivity index is 1.83. The van der Waals surface area contributed by atoms with Gasteiger partial charge >= 0.3 is 0 Å². The van der Waals surface area contributed by atoms with Crippen molar-refractivity contribution in [1.82, 2.24) is 5.32 Å². The molecule has 1 saturated carbocycles. The molecule has 0 aromatic heterocycles. The summed E-state index contributed by atoms with van der Waals surface area (Å²) in [5.41, 5.74) is 0.526. The van der Waals surface area contributed by atoms with Crippen molar-refractivity contribution in [2.75, 3.05) is 16.8 Å². The van der Waals surface area contributed by atoms with Crippen LogP contribution in [0.5, 0.6) is 0 Å². The van der Waals surface area contributed by atoms with Gasteiger partial charge in [-0.3, -0.25) is 9.59 Å². The molecule has 1 aliphatic carbocycles. The Labute approximate surface area is 142 Å². The number of benzene rings is 1. The Bertz CT molecular complexity index is 673. The summed E-state index contributed by atoms with van der Waals surface area (Å²) >= 11 is 0. The van der Waals surface area contributed by atoms with E-state index in [-0.39, 0.29) is 6.04 Å². The topological polar surface area (TPSA) is 92.3 Å². The third-order valence-corrected chi connectivity index (χ3v) is 5.62. The number of rotatable bonds is 6. The van der Waals surface area contributed by atoms with Gasteiger partial charge in [-0.1, -0.05) is 38.0 Å². The summed E-state index contributed by atoms with van der Waals surface area (Å²) in [5, 5.41) is 5.31. The Kier molecular flexibility index (Phi) is 6.36. The maximum absolute atomic E-state index is 12.0. The van der Waals surface area contributed by atoms with E-state index in [0.29, 0.717) is 11.6 Å². The molecule has 0 radical (unpaired) electrons. The van der Waals surface area contributed by atoms with Gasteiger partial charge in [-0.05, 0) is 30.9 Å². The smallest absolute Gasteiger partial charge is 0.239 e. The van der Waals surface area contributed by atoms with Crippen molar-refractivity contribution in [3.05, 3.63) is 30.3 Å². The van der Waals surface area contributed by atoms with Gasteiger partial charge in [0.15, 0.2) is 9.84 Å². The van der Waals surface area contributed by atoms with Gasteiger partial charge in [0.05, 0.1) is 0 Å². The minimum Gasteiger partial charge on any atom is -0.352 e. The number of sulfone groups is 1. The molecule has 2 atom stereocenters. The molecule has 2 unspecified atom stereocenters. The highest BCUT2D eigenvalue weighted by Crippen LogP contribution is 2.23.